The van der Waals surface area contributed by atoms with Gasteiger partial charge in [-0.25, -0.2) is 4.39 Å². The fourth-order valence-electron chi connectivity index (χ4n) is 1.70. The lowest BCUT2D eigenvalue weighted by molar-refractivity contribution is -0.607. The van der Waals surface area contributed by atoms with E-state index in [-0.39, 0.29) is 18.0 Å². The molecule has 0 radical (unpaired) electrons. The second-order valence-corrected chi connectivity index (χ2v) is 4.06. The van der Waals surface area contributed by atoms with Crippen LogP contribution in [0.5, 0.6) is 5.75 Å². The predicted octanol–water partition coefficient (Wildman–Crippen LogP) is 1.40. The Kier molecular flexibility index (Phi) is 4.14. The van der Waals surface area contributed by atoms with Gasteiger partial charge >= 0.3 is 5.91 Å². The van der Waals surface area contributed by atoms with E-state index in [2.05, 4.69) is 5.32 Å². The van der Waals surface area contributed by atoms with Gasteiger partial charge in [-0.1, -0.05) is 6.07 Å². The third-order valence-corrected chi connectivity index (χ3v) is 2.73. The van der Waals surface area contributed by atoms with Crippen molar-refractivity contribution >= 4 is 5.91 Å². The number of hydrogen-bond donors (Lipinski definition) is 1. The summed E-state index contributed by atoms with van der Waals surface area (Å²) in [5, 5.41) is 13.9. The zero-order chi connectivity index (χ0) is 14.5. The van der Waals surface area contributed by atoms with Crippen LogP contribution >= 0.6 is 0 Å². The fraction of sp³-hybridized carbons (Fsp3) is 0.143. The molecule has 0 aliphatic heterocycles. The number of nitrogens with one attached hydrogen (secondary N) is 1. The molecule has 6 heteroatoms. The van der Waals surface area contributed by atoms with Crippen molar-refractivity contribution < 1.29 is 18.7 Å². The van der Waals surface area contributed by atoms with Crippen molar-refractivity contribution in [3.63, 3.8) is 0 Å². The Morgan fingerprint density at radius 1 is 1.40 bits per heavy atom. The van der Waals surface area contributed by atoms with Crippen LogP contribution in [-0.4, -0.2) is 13.0 Å². The molecule has 20 heavy (non-hydrogen) atoms. The van der Waals surface area contributed by atoms with Gasteiger partial charge in [-0.3, -0.25) is 4.79 Å². The molecule has 0 aliphatic rings. The number of carbonyl (C=O) groups excluding carboxylic acids is 1. The summed E-state index contributed by atoms with van der Waals surface area (Å²) in [6.07, 6.45) is 1.24. The average Bonchev–Trinajstić information content (AvgIpc) is 2.45. The Balaban J connectivity index is 2.04. The maximum Gasteiger partial charge on any atom is 0.317 e. The molecular weight excluding hydrogens is 263 g/mol. The lowest BCUT2D eigenvalue weighted by Crippen LogP contribution is -2.38. The highest BCUT2D eigenvalue weighted by molar-refractivity contribution is 5.90. The second-order valence-electron chi connectivity index (χ2n) is 4.06. The standard InChI is InChI=1S/C14H13FN2O3/c1-20-13-6-5-10(8-11(13)15)9-16-14(18)12-4-2-3-7-17(12)19/h2-8H,9H2,1H3,(H,16,18). The van der Waals surface area contributed by atoms with Gasteiger partial charge in [-0.15, -0.1) is 0 Å². The third kappa shape index (κ3) is 3.03. The van der Waals surface area contributed by atoms with Crippen LogP contribution in [0.25, 0.3) is 0 Å². The SMILES string of the molecule is COc1ccc(CNC(=O)c2cccc[n+]2[O-])cc1F. The number of methoxy groups -OCH3 is 1. The average molecular weight is 276 g/mol. The van der Waals surface area contributed by atoms with Gasteiger partial charge in [0.1, 0.15) is 0 Å². The molecule has 104 valence electrons. The van der Waals surface area contributed by atoms with Gasteiger partial charge < -0.3 is 15.3 Å². The van der Waals surface area contributed by atoms with Crippen LogP contribution in [0, 0.1) is 11.0 Å². The van der Waals surface area contributed by atoms with Crippen molar-refractivity contribution in [2.75, 3.05) is 7.11 Å². The van der Waals surface area contributed by atoms with Crippen LogP contribution in [0.3, 0.4) is 0 Å². The Morgan fingerprint density at radius 3 is 2.85 bits per heavy atom. The number of carbonyl (C=O) groups is 1. The van der Waals surface area contributed by atoms with E-state index in [1.807, 2.05) is 0 Å². The number of pyridine rings is 1. The quantitative estimate of drug-likeness (QED) is 0.678. The minimum absolute atomic E-state index is 0.0125. The molecule has 2 rings (SSSR count). The third-order valence-electron chi connectivity index (χ3n) is 2.73. The molecule has 0 saturated heterocycles. The smallest absolute Gasteiger partial charge is 0.317 e. The van der Waals surface area contributed by atoms with E-state index < -0.39 is 11.7 Å². The Hall–Kier alpha value is -2.63. The summed E-state index contributed by atoms with van der Waals surface area (Å²) < 4.78 is 18.7. The Bertz CT molecular complexity index is 632. The van der Waals surface area contributed by atoms with Crippen molar-refractivity contribution in [3.8, 4) is 5.75 Å². The number of amides is 1. The maximum atomic E-state index is 13.5. The van der Waals surface area contributed by atoms with E-state index in [0.717, 1.165) is 0 Å². The van der Waals surface area contributed by atoms with Crippen LogP contribution < -0.4 is 14.8 Å². The highest BCUT2D eigenvalue weighted by Gasteiger charge is 2.14. The number of nitrogens with zero attached hydrogens (tertiary/aromatic N) is 1. The van der Waals surface area contributed by atoms with E-state index in [1.54, 1.807) is 12.1 Å². The highest BCUT2D eigenvalue weighted by atomic mass is 19.1. The van der Waals surface area contributed by atoms with Crippen molar-refractivity contribution in [1.29, 1.82) is 0 Å². The van der Waals surface area contributed by atoms with Crippen molar-refractivity contribution in [2.45, 2.75) is 6.54 Å². The molecule has 0 spiro atoms. The summed E-state index contributed by atoms with van der Waals surface area (Å²) >= 11 is 0. The van der Waals surface area contributed by atoms with E-state index >= 15 is 0 Å². The van der Waals surface area contributed by atoms with Crippen LogP contribution in [0.1, 0.15) is 16.1 Å². The highest BCUT2D eigenvalue weighted by Crippen LogP contribution is 2.17. The molecule has 0 aliphatic carbocycles. The molecule has 0 saturated carbocycles. The summed E-state index contributed by atoms with van der Waals surface area (Å²) in [4.78, 5) is 11.8. The molecule has 0 unspecified atom stereocenters. The van der Waals surface area contributed by atoms with Crippen LogP contribution in [0.4, 0.5) is 4.39 Å². The van der Waals surface area contributed by atoms with Crippen molar-refractivity contribution in [1.82, 2.24) is 5.32 Å². The lowest BCUT2D eigenvalue weighted by atomic mass is 10.2. The normalized spacial score (nSPS) is 10.1. The van der Waals surface area contributed by atoms with Crippen molar-refractivity contribution in [2.24, 2.45) is 0 Å². The van der Waals surface area contributed by atoms with Crippen LogP contribution in [0.2, 0.25) is 0 Å². The van der Waals surface area contributed by atoms with E-state index in [0.29, 0.717) is 10.3 Å². The Labute approximate surface area is 115 Å². The molecule has 1 aromatic carbocycles. The summed E-state index contributed by atoms with van der Waals surface area (Å²) in [5.41, 5.74) is 0.562. The molecular formula is C14H13FN2O3. The molecule has 1 amide bonds. The summed E-state index contributed by atoms with van der Waals surface area (Å²) in [7, 11) is 1.38. The van der Waals surface area contributed by atoms with E-state index in [9.17, 15) is 14.4 Å². The zero-order valence-corrected chi connectivity index (χ0v) is 10.8. The zero-order valence-electron chi connectivity index (χ0n) is 10.8. The number of rotatable bonds is 4. The predicted molar refractivity (Wildman–Crippen MR) is 69.5 cm³/mol. The van der Waals surface area contributed by atoms with Gasteiger partial charge in [0.25, 0.3) is 5.69 Å². The molecule has 1 N–H and O–H groups in total. The first-order valence-corrected chi connectivity index (χ1v) is 5.90. The monoisotopic (exact) mass is 276 g/mol. The van der Waals surface area contributed by atoms with Gasteiger partial charge in [0, 0.05) is 18.7 Å². The minimum Gasteiger partial charge on any atom is -0.618 e. The molecule has 1 heterocycles. The summed E-state index contributed by atoms with van der Waals surface area (Å²) in [5.74, 6) is -0.879. The topological polar surface area (TPSA) is 65.3 Å². The molecule has 0 atom stereocenters. The fourth-order valence-corrected chi connectivity index (χ4v) is 1.70. The van der Waals surface area contributed by atoms with E-state index in [4.69, 9.17) is 4.74 Å². The number of benzene rings is 1. The number of hydrogen-bond acceptors (Lipinski definition) is 3. The first-order valence-electron chi connectivity index (χ1n) is 5.90. The van der Waals surface area contributed by atoms with Crippen molar-refractivity contribution in [3.05, 3.63) is 64.9 Å². The van der Waals surface area contributed by atoms with Crippen LogP contribution in [-0.2, 0) is 6.54 Å². The molecule has 0 fully saturated rings. The molecule has 2 aromatic rings. The van der Waals surface area contributed by atoms with Gasteiger partial charge in [-0.2, -0.15) is 4.73 Å². The van der Waals surface area contributed by atoms with Gasteiger partial charge in [-0.05, 0) is 23.8 Å². The van der Waals surface area contributed by atoms with Gasteiger partial charge in [0.15, 0.2) is 17.8 Å². The second kappa shape index (κ2) is 6.01. The van der Waals surface area contributed by atoms with Gasteiger partial charge in [0.05, 0.1) is 7.11 Å². The number of ether oxygens (including phenoxy) is 1. The lowest BCUT2D eigenvalue weighted by Gasteiger charge is -2.07. The molecule has 0 bridgehead atoms. The first kappa shape index (κ1) is 13.8. The number of aromatic nitrogens is 1. The minimum atomic E-state index is -0.517. The van der Waals surface area contributed by atoms with Gasteiger partial charge in [0.2, 0.25) is 0 Å². The summed E-state index contributed by atoms with van der Waals surface area (Å²) in [6, 6.07) is 8.93. The largest absolute Gasteiger partial charge is 0.618 e. The molecule has 1 aromatic heterocycles. The summed E-state index contributed by atoms with van der Waals surface area (Å²) in [6.45, 7) is 0.120. The van der Waals surface area contributed by atoms with E-state index in [1.165, 1.54) is 37.6 Å². The molecule has 5 nitrogen and oxygen atoms in total. The van der Waals surface area contributed by atoms with Crippen LogP contribution in [0.15, 0.2) is 42.6 Å². The number of halogens is 1. The first-order chi connectivity index (χ1) is 9.61. The Morgan fingerprint density at radius 2 is 2.20 bits per heavy atom. The maximum absolute atomic E-state index is 13.5.